The van der Waals surface area contributed by atoms with Crippen molar-refractivity contribution < 1.29 is 23.1 Å². The fraction of sp³-hybridized carbons (Fsp3) is 0.357. The van der Waals surface area contributed by atoms with Gasteiger partial charge in [0.25, 0.3) is 0 Å². The Labute approximate surface area is 124 Å². The number of aromatic carboxylic acids is 1. The minimum absolute atomic E-state index is 0.0168. The molecule has 6 nitrogen and oxygen atoms in total. The average molecular weight is 311 g/mol. The first-order valence-electron chi connectivity index (χ1n) is 5.98. The smallest absolute Gasteiger partial charge is 0.339 e. The molecule has 0 aliphatic carbocycles. The molecule has 0 amide bonds. The Hall–Kier alpha value is -2.04. The van der Waals surface area contributed by atoms with Gasteiger partial charge in [-0.05, 0) is 32.0 Å². The third-order valence-electron chi connectivity index (χ3n) is 2.67. The maximum atomic E-state index is 12.0. The summed E-state index contributed by atoms with van der Waals surface area (Å²) in [5, 5.41) is 9.22. The maximum absolute atomic E-state index is 12.0. The van der Waals surface area contributed by atoms with Crippen LogP contribution in [0, 0.1) is 12.3 Å². The molecule has 1 rings (SSSR count). The molecule has 1 aromatic rings. The molecule has 0 aliphatic heterocycles. The van der Waals surface area contributed by atoms with Crippen molar-refractivity contribution in [3.05, 3.63) is 23.8 Å². The Morgan fingerprint density at radius 1 is 1.38 bits per heavy atom. The highest BCUT2D eigenvalue weighted by molar-refractivity contribution is 7.89. The summed E-state index contributed by atoms with van der Waals surface area (Å²) >= 11 is 0. The Balaban J connectivity index is 3.41. The highest BCUT2D eigenvalue weighted by Crippen LogP contribution is 2.27. The molecule has 0 bridgehead atoms. The molecule has 1 aromatic carbocycles. The molecule has 0 saturated carbocycles. The van der Waals surface area contributed by atoms with E-state index >= 15 is 0 Å². The monoisotopic (exact) mass is 311 g/mol. The van der Waals surface area contributed by atoms with Crippen molar-refractivity contribution in [2.24, 2.45) is 0 Å². The minimum atomic E-state index is -3.72. The zero-order valence-corrected chi connectivity index (χ0v) is 13.1. The number of hydrogen-bond donors (Lipinski definition) is 1. The predicted molar refractivity (Wildman–Crippen MR) is 77.8 cm³/mol. The fourth-order valence-electron chi connectivity index (χ4n) is 1.44. The van der Waals surface area contributed by atoms with Crippen LogP contribution in [0.15, 0.2) is 23.1 Å². The van der Waals surface area contributed by atoms with Gasteiger partial charge in [0.2, 0.25) is 10.0 Å². The van der Waals surface area contributed by atoms with Crippen LogP contribution in [-0.4, -0.2) is 43.5 Å². The van der Waals surface area contributed by atoms with E-state index in [0.29, 0.717) is 0 Å². The van der Waals surface area contributed by atoms with Crippen molar-refractivity contribution >= 4 is 16.0 Å². The van der Waals surface area contributed by atoms with Crippen LogP contribution >= 0.6 is 0 Å². The normalized spacial score (nSPS) is 12.0. The third kappa shape index (κ3) is 3.74. The largest absolute Gasteiger partial charge is 0.478 e. The van der Waals surface area contributed by atoms with Gasteiger partial charge in [0.15, 0.2) is 5.60 Å². The third-order valence-corrected chi connectivity index (χ3v) is 4.48. The van der Waals surface area contributed by atoms with Gasteiger partial charge in [0, 0.05) is 14.1 Å². The summed E-state index contributed by atoms with van der Waals surface area (Å²) < 4.78 is 30.5. The molecule has 0 atom stereocenters. The van der Waals surface area contributed by atoms with Crippen LogP contribution in [0.4, 0.5) is 0 Å². The summed E-state index contributed by atoms with van der Waals surface area (Å²) in [6.07, 6.45) is 5.29. The van der Waals surface area contributed by atoms with E-state index in [2.05, 4.69) is 5.92 Å². The molecule has 0 heterocycles. The quantitative estimate of drug-likeness (QED) is 0.832. The summed E-state index contributed by atoms with van der Waals surface area (Å²) in [6, 6.07) is 3.63. The minimum Gasteiger partial charge on any atom is -0.478 e. The van der Waals surface area contributed by atoms with E-state index in [-0.39, 0.29) is 16.2 Å². The van der Waals surface area contributed by atoms with Gasteiger partial charge < -0.3 is 9.84 Å². The first-order chi connectivity index (χ1) is 9.51. The van der Waals surface area contributed by atoms with Crippen LogP contribution in [0.2, 0.25) is 0 Å². The van der Waals surface area contributed by atoms with E-state index in [9.17, 15) is 18.3 Å². The summed E-state index contributed by atoms with van der Waals surface area (Å²) in [6.45, 7) is 3.20. The molecule has 1 N–H and O–H groups in total. The van der Waals surface area contributed by atoms with Crippen molar-refractivity contribution in [3.63, 3.8) is 0 Å². The second-order valence-corrected chi connectivity index (χ2v) is 7.16. The van der Waals surface area contributed by atoms with Crippen LogP contribution in [0.3, 0.4) is 0 Å². The lowest BCUT2D eigenvalue weighted by molar-refractivity contribution is 0.0686. The van der Waals surface area contributed by atoms with Crippen LogP contribution in [0.1, 0.15) is 24.2 Å². The maximum Gasteiger partial charge on any atom is 0.339 e. The van der Waals surface area contributed by atoms with Gasteiger partial charge >= 0.3 is 5.97 Å². The Kier molecular flexibility index (Phi) is 4.66. The van der Waals surface area contributed by atoms with Crippen LogP contribution in [0.5, 0.6) is 5.75 Å². The SMILES string of the molecule is C#CC(C)(C)Oc1ccc(S(=O)(=O)N(C)C)cc1C(=O)O. The molecule has 0 saturated heterocycles. The van der Waals surface area contributed by atoms with E-state index in [1.54, 1.807) is 13.8 Å². The number of carboxylic acids is 1. The fourth-order valence-corrected chi connectivity index (χ4v) is 2.37. The number of rotatable bonds is 5. The number of ether oxygens (including phenoxy) is 1. The molecule has 0 radical (unpaired) electrons. The first kappa shape index (κ1) is 17.0. The summed E-state index contributed by atoms with van der Waals surface area (Å²) in [5.41, 5.74) is -1.27. The van der Waals surface area contributed by atoms with E-state index in [1.165, 1.54) is 26.2 Å². The standard InChI is InChI=1S/C14H17NO5S/c1-6-14(2,3)20-12-8-7-10(9-11(12)13(16)17)21(18,19)15(4)5/h1,7-9H,2-5H3,(H,16,17). The van der Waals surface area contributed by atoms with Gasteiger partial charge in [-0.25, -0.2) is 17.5 Å². The molecule has 0 aromatic heterocycles. The lowest BCUT2D eigenvalue weighted by atomic mass is 10.1. The zero-order valence-electron chi connectivity index (χ0n) is 12.2. The van der Waals surface area contributed by atoms with Crippen molar-refractivity contribution in [1.82, 2.24) is 4.31 Å². The zero-order chi connectivity index (χ0) is 16.4. The highest BCUT2D eigenvalue weighted by Gasteiger charge is 2.24. The van der Waals surface area contributed by atoms with Gasteiger partial charge in [-0.2, -0.15) is 0 Å². The van der Waals surface area contributed by atoms with Crippen molar-refractivity contribution in [1.29, 1.82) is 0 Å². The van der Waals surface area contributed by atoms with Gasteiger partial charge in [-0.15, -0.1) is 6.42 Å². The first-order valence-corrected chi connectivity index (χ1v) is 7.42. The van der Waals surface area contributed by atoms with Crippen LogP contribution in [0.25, 0.3) is 0 Å². The van der Waals surface area contributed by atoms with Gasteiger partial charge in [0.1, 0.15) is 11.3 Å². The van der Waals surface area contributed by atoms with Crippen molar-refractivity contribution in [2.75, 3.05) is 14.1 Å². The lowest BCUT2D eigenvalue weighted by Gasteiger charge is -2.22. The number of sulfonamides is 1. The molecule has 0 spiro atoms. The summed E-state index contributed by atoms with van der Waals surface area (Å²) in [7, 11) is -0.999. The molecule has 0 unspecified atom stereocenters. The molecule has 0 fully saturated rings. The number of carboxylic acid groups (broad SMARTS) is 1. The molecular formula is C14H17NO5S. The molecule has 114 valence electrons. The number of benzene rings is 1. The summed E-state index contributed by atoms with van der Waals surface area (Å²) in [5.74, 6) is 1.10. The van der Waals surface area contributed by atoms with Crippen molar-refractivity contribution in [2.45, 2.75) is 24.3 Å². The van der Waals surface area contributed by atoms with Gasteiger partial charge in [-0.1, -0.05) is 5.92 Å². The summed E-state index contributed by atoms with van der Waals surface area (Å²) in [4.78, 5) is 11.2. The lowest BCUT2D eigenvalue weighted by Crippen LogP contribution is -2.27. The second kappa shape index (κ2) is 5.76. The predicted octanol–water partition coefficient (Wildman–Crippen LogP) is 1.43. The Morgan fingerprint density at radius 2 is 1.95 bits per heavy atom. The number of carbonyl (C=O) groups is 1. The second-order valence-electron chi connectivity index (χ2n) is 5.01. The van der Waals surface area contributed by atoms with Gasteiger partial charge in [-0.3, -0.25) is 0 Å². The van der Waals surface area contributed by atoms with E-state index in [1.807, 2.05) is 0 Å². The number of terminal acetylenes is 1. The van der Waals surface area contributed by atoms with E-state index < -0.39 is 21.6 Å². The Morgan fingerprint density at radius 3 is 2.38 bits per heavy atom. The highest BCUT2D eigenvalue weighted by atomic mass is 32.2. The number of nitrogens with zero attached hydrogens (tertiary/aromatic N) is 1. The topological polar surface area (TPSA) is 83.9 Å². The van der Waals surface area contributed by atoms with Crippen LogP contribution < -0.4 is 4.74 Å². The molecule has 0 aliphatic rings. The molecule has 7 heteroatoms. The average Bonchev–Trinajstić information content (AvgIpc) is 2.38. The molecule has 21 heavy (non-hydrogen) atoms. The van der Waals surface area contributed by atoms with Gasteiger partial charge in [0.05, 0.1) is 4.90 Å². The number of hydrogen-bond acceptors (Lipinski definition) is 4. The van der Waals surface area contributed by atoms with Crippen LogP contribution in [-0.2, 0) is 10.0 Å². The van der Waals surface area contributed by atoms with Crippen molar-refractivity contribution in [3.8, 4) is 18.1 Å². The molecular weight excluding hydrogens is 294 g/mol. The Bertz CT molecular complexity index is 699. The van der Waals surface area contributed by atoms with E-state index in [0.717, 1.165) is 10.4 Å². The van der Waals surface area contributed by atoms with E-state index in [4.69, 9.17) is 11.2 Å².